The SMILES string of the molecule is O=c1c2ccccc2[nH]c2c1cnn2-c1ccc(S(=O)(=O)Nc2cccc(Cl)c2)cc1[N+](=O)[O-]. The Morgan fingerprint density at radius 1 is 1.03 bits per heavy atom. The molecule has 34 heavy (non-hydrogen) atoms. The Morgan fingerprint density at radius 3 is 2.59 bits per heavy atom. The number of para-hydroxylation sites is 1. The van der Waals surface area contributed by atoms with Crippen LogP contribution in [0, 0.1) is 10.1 Å². The molecule has 2 heterocycles. The molecule has 0 unspecified atom stereocenters. The summed E-state index contributed by atoms with van der Waals surface area (Å²) in [6, 6.07) is 16.4. The van der Waals surface area contributed by atoms with Crippen molar-refractivity contribution in [2.24, 2.45) is 0 Å². The van der Waals surface area contributed by atoms with Crippen molar-refractivity contribution >= 4 is 54.9 Å². The fourth-order valence-corrected chi connectivity index (χ4v) is 4.90. The molecule has 0 amide bonds. The minimum Gasteiger partial charge on any atom is -0.339 e. The van der Waals surface area contributed by atoms with E-state index in [4.69, 9.17) is 11.6 Å². The van der Waals surface area contributed by atoms with Gasteiger partial charge in [0.2, 0.25) is 0 Å². The van der Waals surface area contributed by atoms with Gasteiger partial charge in [0.15, 0.2) is 5.43 Å². The number of aromatic nitrogens is 3. The highest BCUT2D eigenvalue weighted by Crippen LogP contribution is 2.29. The molecule has 0 aliphatic heterocycles. The molecular weight excluding hydrogens is 482 g/mol. The summed E-state index contributed by atoms with van der Waals surface area (Å²) < 4.78 is 29.2. The number of H-pyrrole nitrogens is 1. The Hall–Kier alpha value is -4.22. The lowest BCUT2D eigenvalue weighted by molar-refractivity contribution is -0.384. The van der Waals surface area contributed by atoms with Crippen LogP contribution in [0.2, 0.25) is 5.02 Å². The average Bonchev–Trinajstić information content (AvgIpc) is 3.22. The van der Waals surface area contributed by atoms with Crippen LogP contribution >= 0.6 is 11.6 Å². The van der Waals surface area contributed by atoms with Crippen molar-refractivity contribution in [1.82, 2.24) is 14.8 Å². The molecule has 0 saturated heterocycles. The van der Waals surface area contributed by atoms with Crippen molar-refractivity contribution in [1.29, 1.82) is 0 Å². The van der Waals surface area contributed by atoms with Crippen LogP contribution in [0.15, 0.2) is 82.6 Å². The molecular formula is C22H14ClN5O5S. The first-order valence-electron chi connectivity index (χ1n) is 9.80. The van der Waals surface area contributed by atoms with Gasteiger partial charge in [-0.15, -0.1) is 0 Å². The fourth-order valence-electron chi connectivity index (χ4n) is 3.64. The molecule has 170 valence electrons. The normalized spacial score (nSPS) is 11.7. The second kappa shape index (κ2) is 7.97. The van der Waals surface area contributed by atoms with Crippen molar-refractivity contribution in [3.05, 3.63) is 98.3 Å². The lowest BCUT2D eigenvalue weighted by Crippen LogP contribution is -2.14. The van der Waals surface area contributed by atoms with Crippen molar-refractivity contribution < 1.29 is 13.3 Å². The number of anilines is 1. The Labute approximate surface area is 196 Å². The van der Waals surface area contributed by atoms with Gasteiger partial charge in [-0.25, -0.2) is 13.1 Å². The zero-order valence-corrected chi connectivity index (χ0v) is 18.7. The molecule has 5 rings (SSSR count). The van der Waals surface area contributed by atoms with Gasteiger partial charge < -0.3 is 4.98 Å². The van der Waals surface area contributed by atoms with Gasteiger partial charge >= 0.3 is 0 Å². The standard InChI is InChI=1S/C22H14ClN5O5S/c23-13-4-3-5-14(10-13)26-34(32,33)15-8-9-19(20(11-15)28(30)31)27-22-17(12-24-27)21(29)16-6-1-2-7-18(16)25-22/h1-12,26H,(H,25,29). The lowest BCUT2D eigenvalue weighted by Gasteiger charge is -2.10. The Balaban J connectivity index is 1.65. The highest BCUT2D eigenvalue weighted by Gasteiger charge is 2.24. The van der Waals surface area contributed by atoms with Crippen molar-refractivity contribution in [3.8, 4) is 5.69 Å². The van der Waals surface area contributed by atoms with Gasteiger partial charge in [0.05, 0.1) is 32.6 Å². The van der Waals surface area contributed by atoms with Gasteiger partial charge in [-0.05, 0) is 42.5 Å². The maximum atomic E-state index is 12.8. The molecule has 0 fully saturated rings. The number of hydrogen-bond acceptors (Lipinski definition) is 6. The van der Waals surface area contributed by atoms with Gasteiger partial charge in [0, 0.05) is 16.5 Å². The third kappa shape index (κ3) is 3.66. The smallest absolute Gasteiger partial charge is 0.296 e. The molecule has 2 N–H and O–H groups in total. The summed E-state index contributed by atoms with van der Waals surface area (Å²) in [5.41, 5.74) is 0.208. The molecule has 0 aliphatic rings. The number of nitro benzene ring substituents is 1. The number of nitro groups is 1. The lowest BCUT2D eigenvalue weighted by atomic mass is 10.2. The average molecular weight is 496 g/mol. The summed E-state index contributed by atoms with van der Waals surface area (Å²) in [6.45, 7) is 0. The number of hydrogen-bond donors (Lipinski definition) is 2. The quantitative estimate of drug-likeness (QED) is 0.276. The zero-order chi connectivity index (χ0) is 24.0. The van der Waals surface area contributed by atoms with Crippen LogP contribution in [0.1, 0.15) is 0 Å². The summed E-state index contributed by atoms with van der Waals surface area (Å²) >= 11 is 5.90. The van der Waals surface area contributed by atoms with Gasteiger partial charge in [-0.1, -0.05) is 29.8 Å². The first-order chi connectivity index (χ1) is 16.2. The van der Waals surface area contributed by atoms with Crippen LogP contribution in [0.5, 0.6) is 0 Å². The molecule has 10 nitrogen and oxygen atoms in total. The first kappa shape index (κ1) is 21.6. The Bertz CT molecular complexity index is 1780. The van der Waals surface area contributed by atoms with Gasteiger partial charge in [-0.3, -0.25) is 19.6 Å². The van der Waals surface area contributed by atoms with Crippen LogP contribution in [0.4, 0.5) is 11.4 Å². The van der Waals surface area contributed by atoms with Crippen LogP contribution < -0.4 is 10.2 Å². The highest BCUT2D eigenvalue weighted by molar-refractivity contribution is 7.92. The number of halogens is 1. The van der Waals surface area contributed by atoms with Crippen LogP contribution in [0.3, 0.4) is 0 Å². The molecule has 0 bridgehead atoms. The predicted molar refractivity (Wildman–Crippen MR) is 128 cm³/mol. The molecule has 0 spiro atoms. The molecule has 5 aromatic rings. The summed E-state index contributed by atoms with van der Waals surface area (Å²) in [6.07, 6.45) is 1.32. The number of rotatable bonds is 5. The van der Waals surface area contributed by atoms with E-state index in [0.717, 1.165) is 6.07 Å². The predicted octanol–water partition coefficient (Wildman–Crippen LogP) is 4.23. The van der Waals surface area contributed by atoms with Crippen LogP contribution in [-0.4, -0.2) is 28.1 Å². The highest BCUT2D eigenvalue weighted by atomic mass is 35.5. The molecule has 3 aromatic carbocycles. The Morgan fingerprint density at radius 2 is 1.82 bits per heavy atom. The number of sulfonamides is 1. The molecule has 0 atom stereocenters. The summed E-state index contributed by atoms with van der Waals surface area (Å²) in [5.74, 6) is 0. The van der Waals surface area contributed by atoms with E-state index in [1.165, 1.54) is 35.1 Å². The van der Waals surface area contributed by atoms with Crippen molar-refractivity contribution in [2.45, 2.75) is 4.90 Å². The van der Waals surface area contributed by atoms with E-state index < -0.39 is 20.6 Å². The zero-order valence-electron chi connectivity index (χ0n) is 17.1. The maximum absolute atomic E-state index is 12.8. The van der Waals surface area contributed by atoms with Gasteiger partial charge in [-0.2, -0.15) is 5.10 Å². The Kier molecular flexibility index (Phi) is 5.07. The summed E-state index contributed by atoms with van der Waals surface area (Å²) in [7, 11) is -4.15. The minimum absolute atomic E-state index is 0.00682. The van der Waals surface area contributed by atoms with Gasteiger partial charge in [0.25, 0.3) is 15.7 Å². The van der Waals surface area contributed by atoms with Crippen LogP contribution in [0.25, 0.3) is 27.6 Å². The number of nitrogens with one attached hydrogen (secondary N) is 2. The largest absolute Gasteiger partial charge is 0.339 e. The number of aromatic amines is 1. The van der Waals surface area contributed by atoms with Gasteiger partial charge in [0.1, 0.15) is 11.3 Å². The number of pyridine rings is 1. The number of fused-ring (bicyclic) bond motifs is 2. The number of benzene rings is 3. The molecule has 2 aromatic heterocycles. The van der Waals surface area contributed by atoms with E-state index in [0.29, 0.717) is 15.9 Å². The second-order valence-electron chi connectivity index (χ2n) is 7.34. The molecule has 12 heteroatoms. The monoisotopic (exact) mass is 495 g/mol. The number of nitrogens with zero attached hydrogens (tertiary/aromatic N) is 3. The fraction of sp³-hybridized carbons (Fsp3) is 0. The van der Waals surface area contributed by atoms with E-state index in [-0.39, 0.29) is 32.7 Å². The van der Waals surface area contributed by atoms with E-state index in [1.54, 1.807) is 36.4 Å². The van der Waals surface area contributed by atoms with Crippen molar-refractivity contribution in [2.75, 3.05) is 4.72 Å². The summed E-state index contributed by atoms with van der Waals surface area (Å²) in [4.78, 5) is 26.8. The van der Waals surface area contributed by atoms with Crippen molar-refractivity contribution in [3.63, 3.8) is 0 Å². The molecule has 0 radical (unpaired) electrons. The topological polar surface area (TPSA) is 140 Å². The van der Waals surface area contributed by atoms with E-state index in [9.17, 15) is 23.3 Å². The third-order valence-electron chi connectivity index (χ3n) is 5.20. The molecule has 0 saturated carbocycles. The second-order valence-corrected chi connectivity index (χ2v) is 9.46. The molecule has 0 aliphatic carbocycles. The van der Waals surface area contributed by atoms with Crippen LogP contribution in [-0.2, 0) is 10.0 Å². The van der Waals surface area contributed by atoms with E-state index in [2.05, 4.69) is 14.8 Å². The van der Waals surface area contributed by atoms with E-state index in [1.807, 2.05) is 0 Å². The third-order valence-corrected chi connectivity index (χ3v) is 6.81. The van der Waals surface area contributed by atoms with E-state index >= 15 is 0 Å². The maximum Gasteiger partial charge on any atom is 0.296 e. The minimum atomic E-state index is -4.15. The first-order valence-corrected chi connectivity index (χ1v) is 11.7. The summed E-state index contributed by atoms with van der Waals surface area (Å²) in [5, 5.41) is 17.1.